The van der Waals surface area contributed by atoms with Crippen molar-refractivity contribution < 1.29 is 19.0 Å². The van der Waals surface area contributed by atoms with E-state index in [9.17, 15) is 4.79 Å². The molecule has 14 heavy (non-hydrogen) atoms. The molecular formula is C9H17NO4. The Balaban J connectivity index is 2.18. The second-order valence-electron chi connectivity index (χ2n) is 3.23. The van der Waals surface area contributed by atoms with Crippen LogP contribution in [-0.4, -0.2) is 45.0 Å². The lowest BCUT2D eigenvalue weighted by molar-refractivity contribution is -0.157. The van der Waals surface area contributed by atoms with Crippen LogP contribution in [0, 0.1) is 0 Å². The molecule has 82 valence electrons. The van der Waals surface area contributed by atoms with Gasteiger partial charge in [0.15, 0.2) is 6.10 Å². The van der Waals surface area contributed by atoms with Crippen LogP contribution in [0.15, 0.2) is 0 Å². The third-order valence-electron chi connectivity index (χ3n) is 2.20. The van der Waals surface area contributed by atoms with E-state index in [2.05, 4.69) is 0 Å². The van der Waals surface area contributed by atoms with Crippen molar-refractivity contribution in [2.45, 2.75) is 25.0 Å². The van der Waals surface area contributed by atoms with E-state index in [-0.39, 0.29) is 12.6 Å². The summed E-state index contributed by atoms with van der Waals surface area (Å²) in [7, 11) is 1.44. The number of rotatable bonds is 5. The molecule has 0 aromatic heterocycles. The fourth-order valence-corrected chi connectivity index (χ4v) is 1.33. The van der Waals surface area contributed by atoms with E-state index < -0.39 is 12.1 Å². The number of methoxy groups -OCH3 is 1. The molecule has 2 N–H and O–H groups in total. The van der Waals surface area contributed by atoms with Gasteiger partial charge in [-0.25, -0.2) is 4.79 Å². The first-order chi connectivity index (χ1) is 6.77. The molecule has 5 nitrogen and oxygen atoms in total. The normalized spacial score (nSPS) is 23.4. The van der Waals surface area contributed by atoms with Gasteiger partial charge in [0.2, 0.25) is 0 Å². The summed E-state index contributed by atoms with van der Waals surface area (Å²) in [5.41, 5.74) is 5.31. The number of hydrogen-bond acceptors (Lipinski definition) is 5. The molecule has 1 aliphatic heterocycles. The summed E-state index contributed by atoms with van der Waals surface area (Å²) in [4.78, 5) is 11.3. The highest BCUT2D eigenvalue weighted by molar-refractivity contribution is 5.74. The van der Waals surface area contributed by atoms with Crippen LogP contribution in [0.25, 0.3) is 0 Å². The molecule has 0 spiro atoms. The van der Waals surface area contributed by atoms with Crippen molar-refractivity contribution in [3.05, 3.63) is 0 Å². The van der Waals surface area contributed by atoms with E-state index in [0.717, 1.165) is 19.4 Å². The second kappa shape index (κ2) is 5.95. The summed E-state index contributed by atoms with van der Waals surface area (Å²) < 4.78 is 15.1. The molecule has 0 radical (unpaired) electrons. The van der Waals surface area contributed by atoms with Crippen LogP contribution < -0.4 is 5.73 Å². The molecule has 0 aliphatic carbocycles. The van der Waals surface area contributed by atoms with E-state index in [1.807, 2.05) is 0 Å². The molecule has 0 bridgehead atoms. The minimum atomic E-state index is -0.656. The number of hydrogen-bond donors (Lipinski definition) is 1. The van der Waals surface area contributed by atoms with Gasteiger partial charge < -0.3 is 19.9 Å². The number of nitrogens with two attached hydrogens (primary N) is 1. The third-order valence-corrected chi connectivity index (χ3v) is 2.20. The lowest BCUT2D eigenvalue weighted by atomic mass is 10.2. The van der Waals surface area contributed by atoms with Crippen molar-refractivity contribution in [1.29, 1.82) is 0 Å². The van der Waals surface area contributed by atoms with Gasteiger partial charge in [0, 0.05) is 20.3 Å². The van der Waals surface area contributed by atoms with E-state index in [4.69, 9.17) is 19.9 Å². The van der Waals surface area contributed by atoms with Crippen molar-refractivity contribution in [3.8, 4) is 0 Å². The van der Waals surface area contributed by atoms with Crippen LogP contribution in [0.4, 0.5) is 0 Å². The Morgan fingerprint density at radius 2 is 2.50 bits per heavy atom. The molecule has 1 fully saturated rings. The first-order valence-corrected chi connectivity index (χ1v) is 4.79. The van der Waals surface area contributed by atoms with E-state index >= 15 is 0 Å². The molecule has 1 heterocycles. The average Bonchev–Trinajstić information content (AvgIpc) is 2.69. The summed E-state index contributed by atoms with van der Waals surface area (Å²) in [5, 5.41) is 0. The Hall–Kier alpha value is -0.650. The molecule has 5 heteroatoms. The first kappa shape index (κ1) is 11.4. The number of carbonyl (C=O) groups is 1. The highest BCUT2D eigenvalue weighted by atomic mass is 16.6. The predicted molar refractivity (Wildman–Crippen MR) is 49.8 cm³/mol. The monoisotopic (exact) mass is 203 g/mol. The van der Waals surface area contributed by atoms with Crippen molar-refractivity contribution in [2.75, 3.05) is 26.9 Å². The Kier molecular flexibility index (Phi) is 4.86. The summed E-state index contributed by atoms with van der Waals surface area (Å²) in [5.74, 6) is -0.412. The first-order valence-electron chi connectivity index (χ1n) is 4.79. The van der Waals surface area contributed by atoms with Gasteiger partial charge in [0.25, 0.3) is 0 Å². The molecule has 0 aromatic rings. The minimum Gasteiger partial charge on any atom is -0.461 e. The molecule has 1 rings (SSSR count). The minimum absolute atomic E-state index is 0.0502. The highest BCUT2D eigenvalue weighted by Gasteiger charge is 2.21. The van der Waals surface area contributed by atoms with Crippen LogP contribution in [0.3, 0.4) is 0 Å². The van der Waals surface area contributed by atoms with Gasteiger partial charge in [0.05, 0.1) is 6.10 Å². The standard InChI is InChI=1S/C9H17NO4/c1-12-8(5-10)9(11)14-6-7-3-2-4-13-7/h7-8H,2-6,10H2,1H3. The Morgan fingerprint density at radius 1 is 1.71 bits per heavy atom. The number of ether oxygens (including phenoxy) is 3. The summed E-state index contributed by atoms with van der Waals surface area (Å²) in [6, 6.07) is 0. The Labute approximate surface area is 83.5 Å². The maximum atomic E-state index is 11.3. The third kappa shape index (κ3) is 3.25. The molecular weight excluding hydrogens is 186 g/mol. The van der Waals surface area contributed by atoms with E-state index in [1.54, 1.807) is 0 Å². The lowest BCUT2D eigenvalue weighted by Crippen LogP contribution is -2.34. The second-order valence-corrected chi connectivity index (χ2v) is 3.23. The number of carbonyl (C=O) groups excluding carboxylic acids is 1. The molecule has 0 aromatic carbocycles. The number of esters is 1. The fourth-order valence-electron chi connectivity index (χ4n) is 1.33. The van der Waals surface area contributed by atoms with Crippen LogP contribution in [-0.2, 0) is 19.0 Å². The summed E-state index contributed by atoms with van der Waals surface area (Å²) in [6.45, 7) is 1.20. The maximum absolute atomic E-state index is 11.3. The average molecular weight is 203 g/mol. The van der Waals surface area contributed by atoms with Crippen LogP contribution in [0.5, 0.6) is 0 Å². The maximum Gasteiger partial charge on any atom is 0.336 e. The van der Waals surface area contributed by atoms with E-state index in [0.29, 0.717) is 6.61 Å². The topological polar surface area (TPSA) is 70.8 Å². The van der Waals surface area contributed by atoms with Crippen molar-refractivity contribution in [1.82, 2.24) is 0 Å². The van der Waals surface area contributed by atoms with Gasteiger partial charge in [-0.05, 0) is 12.8 Å². The zero-order valence-electron chi connectivity index (χ0n) is 8.40. The Morgan fingerprint density at radius 3 is 3.00 bits per heavy atom. The summed E-state index contributed by atoms with van der Waals surface area (Å²) >= 11 is 0. The SMILES string of the molecule is COC(CN)C(=O)OCC1CCCO1. The van der Waals surface area contributed by atoms with Crippen LogP contribution in [0.1, 0.15) is 12.8 Å². The van der Waals surface area contributed by atoms with Gasteiger partial charge in [0.1, 0.15) is 6.61 Å². The molecule has 2 atom stereocenters. The fraction of sp³-hybridized carbons (Fsp3) is 0.889. The molecule has 2 unspecified atom stereocenters. The van der Waals surface area contributed by atoms with Gasteiger partial charge in [-0.15, -0.1) is 0 Å². The highest BCUT2D eigenvalue weighted by Crippen LogP contribution is 2.12. The van der Waals surface area contributed by atoms with Gasteiger partial charge in [-0.1, -0.05) is 0 Å². The Bertz CT molecular complexity index is 176. The van der Waals surface area contributed by atoms with Crippen molar-refractivity contribution in [3.63, 3.8) is 0 Å². The van der Waals surface area contributed by atoms with Gasteiger partial charge in [-0.2, -0.15) is 0 Å². The lowest BCUT2D eigenvalue weighted by Gasteiger charge is -2.14. The molecule has 1 saturated heterocycles. The molecule has 0 saturated carbocycles. The quantitative estimate of drug-likeness (QED) is 0.620. The smallest absolute Gasteiger partial charge is 0.336 e. The zero-order chi connectivity index (χ0) is 10.4. The molecule has 1 aliphatic rings. The van der Waals surface area contributed by atoms with E-state index in [1.165, 1.54) is 7.11 Å². The predicted octanol–water partition coefficient (Wildman–Crippen LogP) is -0.318. The van der Waals surface area contributed by atoms with Gasteiger partial charge >= 0.3 is 5.97 Å². The van der Waals surface area contributed by atoms with Crippen LogP contribution in [0.2, 0.25) is 0 Å². The van der Waals surface area contributed by atoms with Crippen LogP contribution >= 0.6 is 0 Å². The largest absolute Gasteiger partial charge is 0.461 e. The van der Waals surface area contributed by atoms with Crippen molar-refractivity contribution >= 4 is 5.97 Å². The summed E-state index contributed by atoms with van der Waals surface area (Å²) in [6.07, 6.45) is 1.38. The van der Waals surface area contributed by atoms with Gasteiger partial charge in [-0.3, -0.25) is 0 Å². The molecule has 0 amide bonds. The van der Waals surface area contributed by atoms with Crippen molar-refractivity contribution in [2.24, 2.45) is 5.73 Å². The zero-order valence-corrected chi connectivity index (χ0v) is 8.40.